The summed E-state index contributed by atoms with van der Waals surface area (Å²) in [5.74, 6) is -0.161. The van der Waals surface area contributed by atoms with Crippen LogP contribution in [0.2, 0.25) is 0 Å². The van der Waals surface area contributed by atoms with Crippen molar-refractivity contribution in [2.45, 2.75) is 26.5 Å². The molecule has 0 fully saturated rings. The van der Waals surface area contributed by atoms with Gasteiger partial charge >= 0.3 is 12.0 Å². The van der Waals surface area contributed by atoms with Crippen molar-refractivity contribution in [2.24, 2.45) is 0 Å². The number of nitrogens with one attached hydrogen (secondary N) is 1. The fourth-order valence-electron chi connectivity index (χ4n) is 2.35. The SMILES string of the molecule is Cc1cccc(COc2ccc(CNC(=O)N(C)CCC(=O)O)cc2)c1. The maximum Gasteiger partial charge on any atom is 0.317 e. The first-order valence-corrected chi connectivity index (χ1v) is 8.42. The molecule has 6 heteroatoms. The van der Waals surface area contributed by atoms with Gasteiger partial charge in [-0.15, -0.1) is 0 Å². The van der Waals surface area contributed by atoms with Gasteiger partial charge in [0.05, 0.1) is 6.42 Å². The van der Waals surface area contributed by atoms with Crippen molar-refractivity contribution < 1.29 is 19.4 Å². The molecule has 2 aromatic rings. The summed E-state index contributed by atoms with van der Waals surface area (Å²) in [7, 11) is 1.57. The molecule has 0 bridgehead atoms. The summed E-state index contributed by atoms with van der Waals surface area (Å²) in [5.41, 5.74) is 3.25. The van der Waals surface area contributed by atoms with Crippen LogP contribution in [0.5, 0.6) is 5.75 Å². The fraction of sp³-hybridized carbons (Fsp3) is 0.300. The summed E-state index contributed by atoms with van der Waals surface area (Å²) in [6.45, 7) is 3.10. The van der Waals surface area contributed by atoms with Crippen molar-refractivity contribution >= 4 is 12.0 Å². The molecule has 0 aliphatic heterocycles. The average molecular weight is 356 g/mol. The minimum atomic E-state index is -0.925. The zero-order valence-corrected chi connectivity index (χ0v) is 15.1. The molecular weight excluding hydrogens is 332 g/mol. The summed E-state index contributed by atoms with van der Waals surface area (Å²) < 4.78 is 5.77. The van der Waals surface area contributed by atoms with E-state index in [1.807, 2.05) is 49.4 Å². The van der Waals surface area contributed by atoms with Crippen molar-refractivity contribution in [3.8, 4) is 5.75 Å². The lowest BCUT2D eigenvalue weighted by Crippen LogP contribution is -2.37. The number of benzene rings is 2. The second kappa shape index (κ2) is 9.46. The van der Waals surface area contributed by atoms with Crippen LogP contribution in [0.4, 0.5) is 4.79 Å². The van der Waals surface area contributed by atoms with Crippen LogP contribution in [0.1, 0.15) is 23.1 Å². The van der Waals surface area contributed by atoms with Crippen LogP contribution in [0.3, 0.4) is 0 Å². The van der Waals surface area contributed by atoms with E-state index in [0.717, 1.165) is 16.9 Å². The molecule has 2 aromatic carbocycles. The Morgan fingerprint density at radius 2 is 1.85 bits per heavy atom. The lowest BCUT2D eigenvalue weighted by atomic mass is 10.1. The summed E-state index contributed by atoms with van der Waals surface area (Å²) in [6, 6.07) is 15.4. The van der Waals surface area contributed by atoms with Gasteiger partial charge in [-0.1, -0.05) is 42.0 Å². The Morgan fingerprint density at radius 3 is 2.50 bits per heavy atom. The maximum absolute atomic E-state index is 11.9. The summed E-state index contributed by atoms with van der Waals surface area (Å²) in [4.78, 5) is 23.8. The van der Waals surface area contributed by atoms with E-state index in [0.29, 0.717) is 13.2 Å². The molecular formula is C20H24N2O4. The van der Waals surface area contributed by atoms with Crippen molar-refractivity contribution in [2.75, 3.05) is 13.6 Å². The molecule has 6 nitrogen and oxygen atoms in total. The number of hydrogen-bond acceptors (Lipinski definition) is 3. The highest BCUT2D eigenvalue weighted by Gasteiger charge is 2.09. The third-order valence-corrected chi connectivity index (χ3v) is 3.86. The molecule has 2 N–H and O–H groups in total. The van der Waals surface area contributed by atoms with Gasteiger partial charge in [0.15, 0.2) is 0 Å². The lowest BCUT2D eigenvalue weighted by Gasteiger charge is -2.17. The third-order valence-electron chi connectivity index (χ3n) is 3.86. The van der Waals surface area contributed by atoms with Crippen molar-refractivity contribution in [1.29, 1.82) is 0 Å². The fourth-order valence-corrected chi connectivity index (χ4v) is 2.35. The quantitative estimate of drug-likeness (QED) is 0.761. The molecule has 0 spiro atoms. The van der Waals surface area contributed by atoms with E-state index in [-0.39, 0.29) is 19.0 Å². The van der Waals surface area contributed by atoms with Crippen LogP contribution in [0.25, 0.3) is 0 Å². The van der Waals surface area contributed by atoms with Crippen molar-refractivity contribution in [3.63, 3.8) is 0 Å². The average Bonchev–Trinajstić information content (AvgIpc) is 2.63. The second-order valence-corrected chi connectivity index (χ2v) is 6.15. The molecule has 0 aliphatic rings. The standard InChI is InChI=1S/C20H24N2O4/c1-15-4-3-5-17(12-15)14-26-18-8-6-16(7-9-18)13-21-20(25)22(2)11-10-19(23)24/h3-9,12H,10-11,13-14H2,1-2H3,(H,21,25)(H,23,24). The smallest absolute Gasteiger partial charge is 0.317 e. The van der Waals surface area contributed by atoms with E-state index < -0.39 is 5.97 Å². The number of aryl methyl sites for hydroxylation is 1. The van der Waals surface area contributed by atoms with Gasteiger partial charge < -0.3 is 20.1 Å². The Morgan fingerprint density at radius 1 is 1.12 bits per heavy atom. The first-order chi connectivity index (χ1) is 12.4. The number of carbonyl (C=O) groups excluding carboxylic acids is 1. The topological polar surface area (TPSA) is 78.9 Å². The summed E-state index contributed by atoms with van der Waals surface area (Å²) in [5, 5.41) is 11.4. The zero-order valence-electron chi connectivity index (χ0n) is 15.1. The molecule has 2 rings (SSSR count). The number of hydrogen-bond donors (Lipinski definition) is 2. The van der Waals surface area contributed by atoms with Crippen LogP contribution in [-0.4, -0.2) is 35.6 Å². The van der Waals surface area contributed by atoms with E-state index in [2.05, 4.69) is 11.4 Å². The number of carboxylic acids is 1. The maximum atomic E-state index is 11.9. The molecule has 0 aliphatic carbocycles. The highest BCUT2D eigenvalue weighted by Crippen LogP contribution is 2.15. The van der Waals surface area contributed by atoms with Crippen LogP contribution in [-0.2, 0) is 17.9 Å². The molecule has 0 heterocycles. The highest BCUT2D eigenvalue weighted by atomic mass is 16.5. The van der Waals surface area contributed by atoms with E-state index in [1.165, 1.54) is 10.5 Å². The highest BCUT2D eigenvalue weighted by molar-refractivity contribution is 5.75. The normalized spacial score (nSPS) is 10.2. The molecule has 138 valence electrons. The van der Waals surface area contributed by atoms with E-state index in [4.69, 9.17) is 9.84 Å². The second-order valence-electron chi connectivity index (χ2n) is 6.15. The van der Waals surface area contributed by atoms with E-state index in [9.17, 15) is 9.59 Å². The first-order valence-electron chi connectivity index (χ1n) is 8.42. The van der Waals surface area contributed by atoms with Crippen LogP contribution < -0.4 is 10.1 Å². The Kier molecular flexibility index (Phi) is 7.02. The van der Waals surface area contributed by atoms with Gasteiger partial charge in [-0.3, -0.25) is 4.79 Å². The van der Waals surface area contributed by atoms with Crippen molar-refractivity contribution in [1.82, 2.24) is 10.2 Å². The van der Waals surface area contributed by atoms with Crippen LogP contribution in [0, 0.1) is 6.92 Å². The number of aliphatic carboxylic acids is 1. The van der Waals surface area contributed by atoms with Crippen LogP contribution in [0.15, 0.2) is 48.5 Å². The summed E-state index contributed by atoms with van der Waals surface area (Å²) >= 11 is 0. The minimum absolute atomic E-state index is 0.0725. The number of amides is 2. The van der Waals surface area contributed by atoms with Gasteiger partial charge in [-0.2, -0.15) is 0 Å². The predicted molar refractivity (Wildman–Crippen MR) is 99.1 cm³/mol. The number of ether oxygens (including phenoxy) is 1. The van der Waals surface area contributed by atoms with Gasteiger partial charge in [-0.05, 0) is 30.2 Å². The van der Waals surface area contributed by atoms with Crippen LogP contribution >= 0.6 is 0 Å². The minimum Gasteiger partial charge on any atom is -0.489 e. The predicted octanol–water partition coefficient (Wildman–Crippen LogP) is 3.19. The molecule has 0 aromatic heterocycles. The monoisotopic (exact) mass is 356 g/mol. The lowest BCUT2D eigenvalue weighted by molar-refractivity contribution is -0.137. The van der Waals surface area contributed by atoms with Gasteiger partial charge in [0.2, 0.25) is 0 Å². The summed E-state index contributed by atoms with van der Waals surface area (Å²) in [6.07, 6.45) is -0.0725. The van der Waals surface area contributed by atoms with Gasteiger partial charge in [0.1, 0.15) is 12.4 Å². The number of carboxylic acid groups (broad SMARTS) is 1. The Bertz CT molecular complexity index is 744. The van der Waals surface area contributed by atoms with Crippen molar-refractivity contribution in [3.05, 3.63) is 65.2 Å². The van der Waals surface area contributed by atoms with Gasteiger partial charge in [0.25, 0.3) is 0 Å². The number of nitrogens with zero attached hydrogens (tertiary/aromatic N) is 1. The Balaban J connectivity index is 1.78. The molecule has 0 radical (unpaired) electrons. The first kappa shape index (κ1) is 19.3. The molecule has 2 amide bonds. The zero-order chi connectivity index (χ0) is 18.9. The molecule has 0 atom stereocenters. The third kappa shape index (κ3) is 6.47. The molecule has 26 heavy (non-hydrogen) atoms. The van der Waals surface area contributed by atoms with Gasteiger partial charge in [-0.25, -0.2) is 4.79 Å². The van der Waals surface area contributed by atoms with E-state index in [1.54, 1.807) is 7.05 Å². The Labute approximate surface area is 153 Å². The number of carbonyl (C=O) groups is 2. The number of rotatable bonds is 8. The molecule has 0 unspecified atom stereocenters. The van der Waals surface area contributed by atoms with E-state index >= 15 is 0 Å². The number of urea groups is 1. The largest absolute Gasteiger partial charge is 0.489 e. The van der Waals surface area contributed by atoms with Gasteiger partial charge in [0, 0.05) is 20.1 Å². The molecule has 0 saturated carbocycles. The Hall–Kier alpha value is -3.02. The molecule has 0 saturated heterocycles.